The van der Waals surface area contributed by atoms with Gasteiger partial charge < -0.3 is 14.8 Å². The van der Waals surface area contributed by atoms with E-state index in [0.29, 0.717) is 12.1 Å². The molecule has 2 N–H and O–H groups in total. The molecule has 2 rings (SSSR count). The molecule has 1 saturated heterocycles. The Hall–Kier alpha value is -1.04. The van der Waals surface area contributed by atoms with E-state index in [-0.39, 0.29) is 0 Å². The van der Waals surface area contributed by atoms with Crippen molar-refractivity contribution in [2.75, 3.05) is 26.2 Å². The molecule has 2 unspecified atom stereocenters. The van der Waals surface area contributed by atoms with Crippen LogP contribution in [0, 0.1) is 11.8 Å². The Balaban J connectivity index is 1.75. The summed E-state index contributed by atoms with van der Waals surface area (Å²) in [7, 11) is -1.42. The van der Waals surface area contributed by atoms with E-state index >= 15 is 0 Å². The lowest BCUT2D eigenvalue weighted by atomic mass is 9.80. The number of likely N-dealkylation sites (tertiary alicyclic amines) is 1. The molecule has 4 nitrogen and oxygen atoms in total. The van der Waals surface area contributed by atoms with Gasteiger partial charge in [-0.25, -0.2) is 0 Å². The predicted molar refractivity (Wildman–Crippen MR) is 81.1 cm³/mol. The molecule has 1 fully saturated rings. The molecule has 1 aliphatic rings. The molecule has 110 valence electrons. The van der Waals surface area contributed by atoms with E-state index in [9.17, 15) is 0 Å². The highest BCUT2D eigenvalue weighted by Crippen LogP contribution is 2.20. The summed E-state index contributed by atoms with van der Waals surface area (Å²) in [6, 6.07) is 6.89. The zero-order chi connectivity index (χ0) is 14.5. The van der Waals surface area contributed by atoms with Gasteiger partial charge in [0.2, 0.25) is 0 Å². The molecule has 5 heteroatoms. The summed E-state index contributed by atoms with van der Waals surface area (Å²) in [6.07, 6.45) is 1.32. The second-order valence-corrected chi connectivity index (χ2v) is 6.00. The molecule has 0 aromatic heterocycles. The fourth-order valence-corrected chi connectivity index (χ4v) is 3.00. The molecule has 2 atom stereocenters. The molecule has 0 radical (unpaired) electrons. The van der Waals surface area contributed by atoms with Crippen molar-refractivity contribution in [3.05, 3.63) is 24.3 Å². The molecule has 1 aliphatic heterocycles. The van der Waals surface area contributed by atoms with Gasteiger partial charge in [-0.2, -0.15) is 0 Å². The van der Waals surface area contributed by atoms with Gasteiger partial charge in [-0.3, -0.25) is 4.90 Å². The van der Waals surface area contributed by atoms with E-state index in [1.807, 2.05) is 0 Å². The third-order valence-corrected chi connectivity index (χ3v) is 3.80. The van der Waals surface area contributed by atoms with Gasteiger partial charge in [-0.05, 0) is 35.9 Å². The van der Waals surface area contributed by atoms with Crippen LogP contribution in [0.3, 0.4) is 0 Å². The van der Waals surface area contributed by atoms with Gasteiger partial charge in [0.15, 0.2) is 0 Å². The normalized spacial score (nSPS) is 23.6. The molecular formula is C15H24BNO3. The number of hydrogen-bond acceptors (Lipinski definition) is 4. The standard InChI is InChI=1S/C15H24BNO3/c1-12-9-13(2)11-17(10-12)7-8-20-15-5-3-14(4-6-15)16(18)19/h3-6,12-13,18-19H,7-11H2,1-2H3. The minimum atomic E-state index is -1.42. The summed E-state index contributed by atoms with van der Waals surface area (Å²) < 4.78 is 5.71. The summed E-state index contributed by atoms with van der Waals surface area (Å²) in [5.41, 5.74) is 0.482. The van der Waals surface area contributed by atoms with Gasteiger partial charge in [0.1, 0.15) is 12.4 Å². The molecule has 0 spiro atoms. The average Bonchev–Trinajstić information content (AvgIpc) is 2.38. The third kappa shape index (κ3) is 4.51. The minimum absolute atomic E-state index is 0.482. The second-order valence-electron chi connectivity index (χ2n) is 6.00. The molecule has 1 aromatic carbocycles. The van der Waals surface area contributed by atoms with Gasteiger partial charge in [0, 0.05) is 19.6 Å². The maximum Gasteiger partial charge on any atom is 0.488 e. The quantitative estimate of drug-likeness (QED) is 0.779. The highest BCUT2D eigenvalue weighted by atomic mass is 16.5. The summed E-state index contributed by atoms with van der Waals surface area (Å²) in [5, 5.41) is 18.0. The number of nitrogens with zero attached hydrogens (tertiary/aromatic N) is 1. The molecule has 1 heterocycles. The number of benzene rings is 1. The topological polar surface area (TPSA) is 52.9 Å². The van der Waals surface area contributed by atoms with Crippen LogP contribution in [0.1, 0.15) is 20.3 Å². The molecule has 0 amide bonds. The Kier molecular flexibility index (Phi) is 5.46. The number of hydrogen-bond donors (Lipinski definition) is 2. The lowest BCUT2D eigenvalue weighted by molar-refractivity contribution is 0.120. The van der Waals surface area contributed by atoms with Crippen molar-refractivity contribution in [3.63, 3.8) is 0 Å². The van der Waals surface area contributed by atoms with Gasteiger partial charge in [0.25, 0.3) is 0 Å². The van der Waals surface area contributed by atoms with Crippen LogP contribution in [0.25, 0.3) is 0 Å². The largest absolute Gasteiger partial charge is 0.492 e. The lowest BCUT2D eigenvalue weighted by Gasteiger charge is -2.34. The van der Waals surface area contributed by atoms with E-state index in [0.717, 1.165) is 37.2 Å². The Bertz CT molecular complexity index is 400. The van der Waals surface area contributed by atoms with Crippen LogP contribution in [0.15, 0.2) is 24.3 Å². The molecule has 1 aromatic rings. The number of ether oxygens (including phenoxy) is 1. The van der Waals surface area contributed by atoms with Crippen molar-refractivity contribution in [3.8, 4) is 5.75 Å². The van der Waals surface area contributed by atoms with Crippen LogP contribution in [-0.4, -0.2) is 48.3 Å². The van der Waals surface area contributed by atoms with Crippen molar-refractivity contribution in [1.29, 1.82) is 0 Å². The van der Waals surface area contributed by atoms with E-state index in [4.69, 9.17) is 14.8 Å². The SMILES string of the molecule is CC1CC(C)CN(CCOc2ccc(B(O)O)cc2)C1. The first-order valence-corrected chi connectivity index (χ1v) is 7.36. The van der Waals surface area contributed by atoms with E-state index in [2.05, 4.69) is 18.7 Å². The summed E-state index contributed by atoms with van der Waals surface area (Å²) >= 11 is 0. The van der Waals surface area contributed by atoms with Crippen molar-refractivity contribution in [2.45, 2.75) is 20.3 Å². The molecular weight excluding hydrogens is 253 g/mol. The van der Waals surface area contributed by atoms with Crippen LogP contribution in [-0.2, 0) is 0 Å². The van der Waals surface area contributed by atoms with Crippen molar-refractivity contribution < 1.29 is 14.8 Å². The average molecular weight is 277 g/mol. The summed E-state index contributed by atoms with van der Waals surface area (Å²) in [4.78, 5) is 2.46. The number of piperidine rings is 1. The molecule has 0 bridgehead atoms. The second kappa shape index (κ2) is 7.11. The van der Waals surface area contributed by atoms with Crippen LogP contribution in [0.4, 0.5) is 0 Å². The predicted octanol–water partition coefficient (Wildman–Crippen LogP) is 0.723. The maximum absolute atomic E-state index is 9.02. The lowest BCUT2D eigenvalue weighted by Crippen LogP contribution is -2.40. The zero-order valence-electron chi connectivity index (χ0n) is 12.3. The minimum Gasteiger partial charge on any atom is -0.492 e. The summed E-state index contributed by atoms with van der Waals surface area (Å²) in [6.45, 7) is 8.54. The Morgan fingerprint density at radius 2 is 1.75 bits per heavy atom. The fraction of sp³-hybridized carbons (Fsp3) is 0.600. The maximum atomic E-state index is 9.02. The van der Waals surface area contributed by atoms with E-state index in [1.165, 1.54) is 6.42 Å². The zero-order valence-corrected chi connectivity index (χ0v) is 12.3. The molecule has 0 saturated carbocycles. The monoisotopic (exact) mass is 277 g/mol. The van der Waals surface area contributed by atoms with Gasteiger partial charge >= 0.3 is 7.12 Å². The van der Waals surface area contributed by atoms with Crippen molar-refractivity contribution in [2.24, 2.45) is 11.8 Å². The molecule has 0 aliphatic carbocycles. The van der Waals surface area contributed by atoms with Crippen molar-refractivity contribution >= 4 is 12.6 Å². The number of rotatable bonds is 5. The van der Waals surface area contributed by atoms with E-state index < -0.39 is 7.12 Å². The smallest absolute Gasteiger partial charge is 0.488 e. The van der Waals surface area contributed by atoms with Gasteiger partial charge in [-0.1, -0.05) is 26.0 Å². The Labute approximate surface area is 121 Å². The highest BCUT2D eigenvalue weighted by Gasteiger charge is 2.21. The summed E-state index contributed by atoms with van der Waals surface area (Å²) in [5.74, 6) is 2.31. The molecule has 20 heavy (non-hydrogen) atoms. The van der Waals surface area contributed by atoms with E-state index in [1.54, 1.807) is 24.3 Å². The van der Waals surface area contributed by atoms with Crippen LogP contribution in [0.5, 0.6) is 5.75 Å². The van der Waals surface area contributed by atoms with Crippen LogP contribution < -0.4 is 10.2 Å². The first kappa shape index (κ1) is 15.4. The van der Waals surface area contributed by atoms with Crippen LogP contribution in [0.2, 0.25) is 0 Å². The van der Waals surface area contributed by atoms with Crippen LogP contribution >= 0.6 is 0 Å². The Morgan fingerprint density at radius 1 is 1.15 bits per heavy atom. The fourth-order valence-electron chi connectivity index (χ4n) is 3.00. The first-order chi connectivity index (χ1) is 9.54. The first-order valence-electron chi connectivity index (χ1n) is 7.36. The third-order valence-electron chi connectivity index (χ3n) is 3.80. The highest BCUT2D eigenvalue weighted by molar-refractivity contribution is 6.58. The Morgan fingerprint density at radius 3 is 2.30 bits per heavy atom. The van der Waals surface area contributed by atoms with Gasteiger partial charge in [0.05, 0.1) is 0 Å². The van der Waals surface area contributed by atoms with Gasteiger partial charge in [-0.15, -0.1) is 0 Å². The van der Waals surface area contributed by atoms with Crippen molar-refractivity contribution in [1.82, 2.24) is 4.90 Å².